The molecule has 102 valence electrons. The molecule has 3 heteroatoms. The first kappa shape index (κ1) is 16.6. The van der Waals surface area contributed by atoms with Gasteiger partial charge in [-0.15, -0.1) is 0 Å². The molecule has 0 radical (unpaired) electrons. The summed E-state index contributed by atoms with van der Waals surface area (Å²) in [6.07, 6.45) is 1.66. The first-order valence-electron chi connectivity index (χ1n) is 6.85. The highest BCUT2D eigenvalue weighted by Crippen LogP contribution is 2.06. The predicted molar refractivity (Wildman–Crippen MR) is 74.3 cm³/mol. The summed E-state index contributed by atoms with van der Waals surface area (Å²) < 4.78 is 0. The van der Waals surface area contributed by atoms with Crippen LogP contribution in [-0.4, -0.2) is 30.5 Å². The van der Waals surface area contributed by atoms with Gasteiger partial charge in [0.25, 0.3) is 0 Å². The van der Waals surface area contributed by atoms with Crippen LogP contribution in [0.3, 0.4) is 0 Å². The molecular weight excluding hydrogens is 212 g/mol. The summed E-state index contributed by atoms with van der Waals surface area (Å²) in [5.41, 5.74) is 0. The second-order valence-corrected chi connectivity index (χ2v) is 5.74. The van der Waals surface area contributed by atoms with Crippen LogP contribution in [0.2, 0.25) is 0 Å². The average Bonchev–Trinajstić information content (AvgIpc) is 2.15. The first-order chi connectivity index (χ1) is 7.82. The van der Waals surface area contributed by atoms with Gasteiger partial charge >= 0.3 is 0 Å². The van der Waals surface area contributed by atoms with Crippen molar-refractivity contribution in [3.8, 4) is 0 Å². The van der Waals surface area contributed by atoms with Gasteiger partial charge in [-0.2, -0.15) is 0 Å². The highest BCUT2D eigenvalue weighted by Gasteiger charge is 2.16. The van der Waals surface area contributed by atoms with Crippen LogP contribution in [0.25, 0.3) is 0 Å². The van der Waals surface area contributed by atoms with E-state index in [1.54, 1.807) is 0 Å². The predicted octanol–water partition coefficient (Wildman–Crippen LogP) is 2.36. The van der Waals surface area contributed by atoms with Crippen molar-refractivity contribution < 1.29 is 4.79 Å². The van der Waals surface area contributed by atoms with Gasteiger partial charge in [-0.3, -0.25) is 4.79 Å². The number of hydrogen-bond acceptors (Lipinski definition) is 3. The highest BCUT2D eigenvalue weighted by atomic mass is 16.1. The van der Waals surface area contributed by atoms with Gasteiger partial charge in [-0.05, 0) is 13.0 Å². The number of nitrogens with one attached hydrogen (secondary N) is 2. The molecular formula is C14H30N2O. The van der Waals surface area contributed by atoms with Crippen molar-refractivity contribution in [2.24, 2.45) is 5.92 Å². The Balaban J connectivity index is 4.09. The molecule has 0 spiro atoms. The molecule has 0 aromatic rings. The fraction of sp³-hybridized carbons (Fsp3) is 0.929. The number of carbonyl (C=O) groups is 1. The number of ketones is 1. The molecule has 0 heterocycles. The van der Waals surface area contributed by atoms with Gasteiger partial charge in [0.1, 0.15) is 5.78 Å². The lowest BCUT2D eigenvalue weighted by molar-refractivity contribution is -0.122. The molecule has 0 aliphatic rings. The van der Waals surface area contributed by atoms with E-state index in [4.69, 9.17) is 0 Å². The normalized spacial score (nSPS) is 13.7. The van der Waals surface area contributed by atoms with Crippen LogP contribution in [-0.2, 0) is 4.79 Å². The lowest BCUT2D eigenvalue weighted by atomic mass is 9.99. The lowest BCUT2D eigenvalue weighted by Gasteiger charge is -2.22. The van der Waals surface area contributed by atoms with Crippen LogP contribution >= 0.6 is 0 Å². The molecule has 0 fully saturated rings. The number of rotatable bonds is 9. The molecule has 0 aromatic heterocycles. The van der Waals surface area contributed by atoms with Crippen LogP contribution < -0.4 is 10.6 Å². The Hall–Kier alpha value is -0.410. The summed E-state index contributed by atoms with van der Waals surface area (Å²) in [4.78, 5) is 11.8. The molecule has 0 rings (SSSR count). The fourth-order valence-corrected chi connectivity index (χ4v) is 1.74. The zero-order valence-electron chi connectivity index (χ0n) is 12.3. The summed E-state index contributed by atoms with van der Waals surface area (Å²) >= 11 is 0. The number of carbonyl (C=O) groups excluding carboxylic acids is 1. The molecule has 1 atom stereocenters. The van der Waals surface area contributed by atoms with E-state index < -0.39 is 0 Å². The Morgan fingerprint density at radius 2 is 1.59 bits per heavy atom. The van der Waals surface area contributed by atoms with E-state index in [0.717, 1.165) is 13.0 Å². The monoisotopic (exact) mass is 242 g/mol. The van der Waals surface area contributed by atoms with E-state index in [0.29, 0.717) is 30.3 Å². The topological polar surface area (TPSA) is 41.1 Å². The van der Waals surface area contributed by atoms with Crippen molar-refractivity contribution in [3.63, 3.8) is 0 Å². The molecule has 0 amide bonds. The molecule has 17 heavy (non-hydrogen) atoms. The van der Waals surface area contributed by atoms with Crippen molar-refractivity contribution in [2.75, 3.05) is 6.54 Å². The quantitative estimate of drug-likeness (QED) is 0.652. The molecule has 0 unspecified atom stereocenters. The average molecular weight is 242 g/mol. The minimum absolute atomic E-state index is 0.143. The van der Waals surface area contributed by atoms with E-state index in [1.165, 1.54) is 0 Å². The van der Waals surface area contributed by atoms with Crippen LogP contribution in [0.5, 0.6) is 0 Å². The smallest absolute Gasteiger partial charge is 0.136 e. The lowest BCUT2D eigenvalue weighted by Crippen LogP contribution is -2.39. The molecule has 0 aliphatic carbocycles. The molecule has 0 aromatic carbocycles. The third-order valence-corrected chi connectivity index (χ3v) is 2.71. The second kappa shape index (κ2) is 8.65. The molecule has 2 N–H and O–H groups in total. The van der Waals surface area contributed by atoms with Gasteiger partial charge in [0, 0.05) is 30.5 Å². The Morgan fingerprint density at radius 1 is 1.00 bits per heavy atom. The van der Waals surface area contributed by atoms with Crippen molar-refractivity contribution in [1.82, 2.24) is 10.6 Å². The van der Waals surface area contributed by atoms with E-state index >= 15 is 0 Å². The van der Waals surface area contributed by atoms with E-state index in [1.807, 2.05) is 13.8 Å². The minimum atomic E-state index is 0.143. The number of hydrogen-bond donors (Lipinski definition) is 2. The minimum Gasteiger partial charge on any atom is -0.314 e. The molecule has 0 bridgehead atoms. The van der Waals surface area contributed by atoms with Gasteiger partial charge < -0.3 is 10.6 Å². The Bertz CT molecular complexity index is 212. The molecule has 0 saturated heterocycles. The standard InChI is InChI=1S/C14H30N2O/c1-10(2)14(17)9-13(16-12(5)6)7-8-15-11(3)4/h10-13,15-16H,7-9H2,1-6H3/t13-/m0/s1. The Morgan fingerprint density at radius 3 is 2.00 bits per heavy atom. The van der Waals surface area contributed by atoms with Gasteiger partial charge in [0.05, 0.1) is 0 Å². The van der Waals surface area contributed by atoms with Crippen molar-refractivity contribution >= 4 is 5.78 Å². The summed E-state index contributed by atoms with van der Waals surface area (Å²) in [5, 5.41) is 6.88. The van der Waals surface area contributed by atoms with Crippen LogP contribution in [0.4, 0.5) is 0 Å². The summed E-state index contributed by atoms with van der Waals surface area (Å²) in [6.45, 7) is 13.5. The largest absolute Gasteiger partial charge is 0.314 e. The number of Topliss-reactive ketones (excluding diaryl/α,β-unsaturated/α-hetero) is 1. The fourth-order valence-electron chi connectivity index (χ4n) is 1.74. The molecule has 0 aliphatic heterocycles. The summed E-state index contributed by atoms with van der Waals surface area (Å²) in [7, 11) is 0. The van der Waals surface area contributed by atoms with Crippen LogP contribution in [0.1, 0.15) is 54.4 Å². The van der Waals surface area contributed by atoms with Crippen molar-refractivity contribution in [1.29, 1.82) is 0 Å². The second-order valence-electron chi connectivity index (χ2n) is 5.74. The maximum absolute atomic E-state index is 11.8. The van der Waals surface area contributed by atoms with Crippen molar-refractivity contribution in [2.45, 2.75) is 72.5 Å². The Labute approximate surface area is 107 Å². The maximum Gasteiger partial charge on any atom is 0.136 e. The molecule has 0 saturated carbocycles. The van der Waals surface area contributed by atoms with E-state index in [-0.39, 0.29) is 5.92 Å². The van der Waals surface area contributed by atoms with E-state index in [2.05, 4.69) is 38.3 Å². The maximum atomic E-state index is 11.8. The summed E-state index contributed by atoms with van der Waals surface area (Å²) in [6, 6.07) is 1.24. The zero-order chi connectivity index (χ0) is 13.4. The third kappa shape index (κ3) is 9.31. The molecule has 3 nitrogen and oxygen atoms in total. The van der Waals surface area contributed by atoms with Gasteiger partial charge in [-0.25, -0.2) is 0 Å². The van der Waals surface area contributed by atoms with Crippen LogP contribution in [0, 0.1) is 5.92 Å². The van der Waals surface area contributed by atoms with Gasteiger partial charge in [-0.1, -0.05) is 41.5 Å². The van der Waals surface area contributed by atoms with Crippen molar-refractivity contribution in [3.05, 3.63) is 0 Å². The highest BCUT2D eigenvalue weighted by molar-refractivity contribution is 5.80. The first-order valence-corrected chi connectivity index (χ1v) is 6.85. The van der Waals surface area contributed by atoms with Gasteiger partial charge in [0.15, 0.2) is 0 Å². The van der Waals surface area contributed by atoms with E-state index in [9.17, 15) is 4.79 Å². The van der Waals surface area contributed by atoms with Crippen LogP contribution in [0.15, 0.2) is 0 Å². The Kier molecular flexibility index (Phi) is 8.44. The zero-order valence-corrected chi connectivity index (χ0v) is 12.3. The SMILES string of the molecule is CC(C)NCC[C@@H](CC(=O)C(C)C)NC(C)C. The van der Waals surface area contributed by atoms with Gasteiger partial charge in [0.2, 0.25) is 0 Å². The summed E-state index contributed by atoms with van der Waals surface area (Å²) in [5.74, 6) is 0.497. The third-order valence-electron chi connectivity index (χ3n) is 2.71.